The zero-order chi connectivity index (χ0) is 11.8. The van der Waals surface area contributed by atoms with Crippen LogP contribution in [-0.4, -0.2) is 23.0 Å². The van der Waals surface area contributed by atoms with Crippen molar-refractivity contribution in [1.82, 2.24) is 10.3 Å². The van der Waals surface area contributed by atoms with Gasteiger partial charge in [0.2, 0.25) is 0 Å². The average molecular weight is 231 g/mol. The van der Waals surface area contributed by atoms with E-state index >= 15 is 0 Å². The number of carbonyl (C=O) groups excluding carboxylic acids is 1. The summed E-state index contributed by atoms with van der Waals surface area (Å²) < 4.78 is 0. The van der Waals surface area contributed by atoms with Crippen LogP contribution in [0.5, 0.6) is 0 Å². The Morgan fingerprint density at radius 1 is 1.24 bits per heavy atom. The predicted octanol–water partition coefficient (Wildman–Crippen LogP) is 1.86. The molecule has 0 atom stereocenters. The summed E-state index contributed by atoms with van der Waals surface area (Å²) in [4.78, 5) is 16.3. The molecule has 2 aliphatic rings. The van der Waals surface area contributed by atoms with Crippen molar-refractivity contribution in [3.8, 4) is 0 Å². The summed E-state index contributed by atoms with van der Waals surface area (Å²) in [5, 5.41) is 6.33. The van der Waals surface area contributed by atoms with Crippen molar-refractivity contribution in [3.63, 3.8) is 0 Å². The third kappa shape index (κ3) is 2.75. The molecule has 0 aromatic carbocycles. The molecule has 0 aliphatic heterocycles. The lowest BCUT2D eigenvalue weighted by atomic mass is 10.2. The Hall–Kier alpha value is -1.58. The van der Waals surface area contributed by atoms with Gasteiger partial charge in [0.15, 0.2) is 0 Å². The number of nitrogens with one attached hydrogen (secondary N) is 2. The molecule has 1 amide bonds. The number of amides is 1. The number of rotatable bonds is 4. The topological polar surface area (TPSA) is 54.0 Å². The van der Waals surface area contributed by atoms with Crippen LogP contribution >= 0.6 is 0 Å². The van der Waals surface area contributed by atoms with E-state index in [4.69, 9.17) is 0 Å². The minimum Gasteiger partial charge on any atom is -0.367 e. The Morgan fingerprint density at radius 2 is 1.94 bits per heavy atom. The van der Waals surface area contributed by atoms with E-state index in [2.05, 4.69) is 15.6 Å². The lowest BCUT2D eigenvalue weighted by Crippen LogP contribution is -2.25. The maximum Gasteiger partial charge on any atom is 0.251 e. The highest BCUT2D eigenvalue weighted by atomic mass is 16.1. The molecule has 0 spiro atoms. The number of nitrogens with zero attached hydrogens (tertiary/aromatic N) is 1. The van der Waals surface area contributed by atoms with Gasteiger partial charge in [-0.25, -0.2) is 4.98 Å². The molecule has 3 rings (SSSR count). The van der Waals surface area contributed by atoms with Gasteiger partial charge in [-0.2, -0.15) is 0 Å². The zero-order valence-corrected chi connectivity index (χ0v) is 9.99. The highest BCUT2D eigenvalue weighted by Gasteiger charge is 2.25. The third-order valence-electron chi connectivity index (χ3n) is 3.06. The van der Waals surface area contributed by atoms with Gasteiger partial charge in [0.05, 0.1) is 0 Å². The third-order valence-corrected chi connectivity index (χ3v) is 3.06. The first-order valence-corrected chi connectivity index (χ1v) is 6.27. The minimum absolute atomic E-state index is 0.0249. The molecule has 0 unspecified atom stereocenters. The van der Waals surface area contributed by atoms with Gasteiger partial charge in [-0.3, -0.25) is 4.79 Å². The standard InChI is InChI=1S/C13H17N3O/c1-8-6-9(13(17)16-11-4-5-11)7-12(14-8)15-10-2-3-10/h6-7,10-11H,2-5H2,1H3,(H,14,15)(H,16,17). The van der Waals surface area contributed by atoms with Crippen LogP contribution in [0.4, 0.5) is 5.82 Å². The van der Waals surface area contributed by atoms with Crippen LogP contribution in [0.2, 0.25) is 0 Å². The fraction of sp³-hybridized carbons (Fsp3) is 0.538. The fourth-order valence-electron chi connectivity index (χ4n) is 1.81. The van der Waals surface area contributed by atoms with Crippen molar-refractivity contribution in [2.24, 2.45) is 0 Å². The number of carbonyl (C=O) groups is 1. The second-order valence-electron chi connectivity index (χ2n) is 5.05. The van der Waals surface area contributed by atoms with Gasteiger partial charge in [-0.1, -0.05) is 0 Å². The van der Waals surface area contributed by atoms with Crippen LogP contribution in [0.1, 0.15) is 41.7 Å². The lowest BCUT2D eigenvalue weighted by molar-refractivity contribution is 0.0951. The predicted molar refractivity (Wildman–Crippen MR) is 66.1 cm³/mol. The number of hydrogen-bond acceptors (Lipinski definition) is 3. The maximum absolute atomic E-state index is 11.9. The Bertz CT molecular complexity index is 450. The summed E-state index contributed by atoms with van der Waals surface area (Å²) in [6.07, 6.45) is 4.64. The maximum atomic E-state index is 11.9. The summed E-state index contributed by atoms with van der Waals surface area (Å²) in [7, 11) is 0. The smallest absolute Gasteiger partial charge is 0.251 e. The van der Waals surface area contributed by atoms with Gasteiger partial charge in [-0.15, -0.1) is 0 Å². The van der Waals surface area contributed by atoms with Crippen LogP contribution in [0.25, 0.3) is 0 Å². The minimum atomic E-state index is 0.0249. The summed E-state index contributed by atoms with van der Waals surface area (Å²) in [5.74, 6) is 0.852. The molecule has 2 aliphatic carbocycles. The van der Waals surface area contributed by atoms with Gasteiger partial charge >= 0.3 is 0 Å². The summed E-state index contributed by atoms with van der Waals surface area (Å²) >= 11 is 0. The second-order valence-corrected chi connectivity index (χ2v) is 5.05. The van der Waals surface area contributed by atoms with E-state index in [1.165, 1.54) is 12.8 Å². The van der Waals surface area contributed by atoms with Crippen LogP contribution in [-0.2, 0) is 0 Å². The van der Waals surface area contributed by atoms with Gasteiger partial charge < -0.3 is 10.6 Å². The van der Waals surface area contributed by atoms with Crippen LogP contribution in [0, 0.1) is 6.92 Å². The van der Waals surface area contributed by atoms with Crippen molar-refractivity contribution in [1.29, 1.82) is 0 Å². The molecule has 1 heterocycles. The Morgan fingerprint density at radius 3 is 2.59 bits per heavy atom. The molecule has 0 saturated heterocycles. The monoisotopic (exact) mass is 231 g/mol. The van der Waals surface area contributed by atoms with Crippen molar-refractivity contribution in [3.05, 3.63) is 23.4 Å². The number of aryl methyl sites for hydroxylation is 1. The van der Waals surface area contributed by atoms with Crippen molar-refractivity contribution in [2.75, 3.05) is 5.32 Å². The Labute approximate surface area is 101 Å². The molecular formula is C13H17N3O. The first-order valence-electron chi connectivity index (χ1n) is 6.27. The summed E-state index contributed by atoms with van der Waals surface area (Å²) in [6, 6.07) is 4.65. The number of anilines is 1. The number of hydrogen-bond donors (Lipinski definition) is 2. The van der Waals surface area contributed by atoms with Gasteiger partial charge in [-0.05, 0) is 44.7 Å². The normalized spacial score (nSPS) is 18.9. The number of pyridine rings is 1. The Balaban J connectivity index is 1.76. The molecule has 0 radical (unpaired) electrons. The van der Waals surface area contributed by atoms with Gasteiger partial charge in [0.1, 0.15) is 5.82 Å². The van der Waals surface area contributed by atoms with Crippen LogP contribution in [0.15, 0.2) is 12.1 Å². The molecule has 4 nitrogen and oxygen atoms in total. The van der Waals surface area contributed by atoms with E-state index in [-0.39, 0.29) is 5.91 Å². The highest BCUT2D eigenvalue weighted by Crippen LogP contribution is 2.25. The molecule has 17 heavy (non-hydrogen) atoms. The molecule has 90 valence electrons. The molecule has 2 N–H and O–H groups in total. The first-order chi connectivity index (χ1) is 8.20. The van der Waals surface area contributed by atoms with Crippen molar-refractivity contribution >= 4 is 11.7 Å². The zero-order valence-electron chi connectivity index (χ0n) is 9.99. The largest absolute Gasteiger partial charge is 0.367 e. The van der Waals surface area contributed by atoms with Crippen molar-refractivity contribution < 1.29 is 4.79 Å². The van der Waals surface area contributed by atoms with E-state index in [1.807, 2.05) is 19.1 Å². The second kappa shape index (κ2) is 4.02. The molecule has 4 heteroatoms. The summed E-state index contributed by atoms with van der Waals surface area (Å²) in [6.45, 7) is 1.92. The van der Waals surface area contributed by atoms with E-state index in [0.717, 1.165) is 24.4 Å². The SMILES string of the molecule is Cc1cc(C(=O)NC2CC2)cc(NC2CC2)n1. The quantitative estimate of drug-likeness (QED) is 0.831. The van der Waals surface area contributed by atoms with E-state index in [9.17, 15) is 4.79 Å². The van der Waals surface area contributed by atoms with Crippen LogP contribution < -0.4 is 10.6 Å². The van der Waals surface area contributed by atoms with E-state index in [0.29, 0.717) is 17.6 Å². The Kier molecular flexibility index (Phi) is 2.50. The highest BCUT2D eigenvalue weighted by molar-refractivity contribution is 5.95. The molecule has 0 bridgehead atoms. The molecule has 2 saturated carbocycles. The summed E-state index contributed by atoms with van der Waals surface area (Å²) in [5.41, 5.74) is 1.60. The number of aromatic nitrogens is 1. The molecule has 1 aromatic rings. The fourth-order valence-corrected chi connectivity index (χ4v) is 1.81. The average Bonchev–Trinajstić information content (AvgIpc) is 3.12. The van der Waals surface area contributed by atoms with E-state index in [1.54, 1.807) is 0 Å². The van der Waals surface area contributed by atoms with Crippen LogP contribution in [0.3, 0.4) is 0 Å². The molecule has 2 fully saturated rings. The molecular weight excluding hydrogens is 214 g/mol. The lowest BCUT2D eigenvalue weighted by Gasteiger charge is -2.08. The van der Waals surface area contributed by atoms with E-state index < -0.39 is 0 Å². The molecule has 1 aromatic heterocycles. The van der Waals surface area contributed by atoms with Gasteiger partial charge in [0.25, 0.3) is 5.91 Å². The van der Waals surface area contributed by atoms with Crippen molar-refractivity contribution in [2.45, 2.75) is 44.7 Å². The first kappa shape index (κ1) is 10.6. The van der Waals surface area contributed by atoms with Gasteiger partial charge in [0, 0.05) is 23.3 Å².